The smallest absolute Gasteiger partial charge is 0.404 e. The van der Waals surface area contributed by atoms with E-state index in [9.17, 15) is 15.0 Å². The number of amides is 1. The zero-order chi connectivity index (χ0) is 20.3. The molecule has 0 radical (unpaired) electrons. The summed E-state index contributed by atoms with van der Waals surface area (Å²) < 4.78 is 5.27. The Balaban J connectivity index is 1.71. The molecule has 152 valence electrons. The second kappa shape index (κ2) is 8.94. The Morgan fingerprint density at radius 1 is 1.32 bits per heavy atom. The molecule has 1 amide bonds. The van der Waals surface area contributed by atoms with E-state index in [0.29, 0.717) is 36.5 Å². The van der Waals surface area contributed by atoms with Crippen LogP contribution in [0.5, 0.6) is 5.75 Å². The van der Waals surface area contributed by atoms with Crippen molar-refractivity contribution in [3.05, 3.63) is 35.0 Å². The van der Waals surface area contributed by atoms with E-state index in [1.165, 1.54) is 0 Å². The molecule has 2 atom stereocenters. The molecule has 1 aliphatic rings. The minimum absolute atomic E-state index is 0.0803. The third-order valence-corrected chi connectivity index (χ3v) is 5.85. The van der Waals surface area contributed by atoms with Crippen molar-refractivity contribution in [1.29, 1.82) is 0 Å². The van der Waals surface area contributed by atoms with Crippen LogP contribution < -0.4 is 10.1 Å². The lowest BCUT2D eigenvalue weighted by molar-refractivity contribution is -0.0281. The Bertz CT molecular complexity index is 839. The molecule has 0 aliphatic heterocycles. The zero-order valence-corrected chi connectivity index (χ0v) is 16.4. The Morgan fingerprint density at radius 2 is 2.04 bits per heavy atom. The van der Waals surface area contributed by atoms with E-state index in [2.05, 4.69) is 10.3 Å². The maximum absolute atomic E-state index is 10.8. The van der Waals surface area contributed by atoms with Crippen molar-refractivity contribution in [2.24, 2.45) is 5.92 Å². The van der Waals surface area contributed by atoms with Crippen molar-refractivity contribution in [2.45, 2.75) is 50.4 Å². The van der Waals surface area contributed by atoms with Gasteiger partial charge in [-0.25, -0.2) is 4.79 Å². The summed E-state index contributed by atoms with van der Waals surface area (Å²) in [6.45, 7) is 0. The van der Waals surface area contributed by atoms with Gasteiger partial charge in [0, 0.05) is 24.0 Å². The van der Waals surface area contributed by atoms with Gasteiger partial charge in [0.05, 0.1) is 29.9 Å². The van der Waals surface area contributed by atoms with Gasteiger partial charge >= 0.3 is 6.09 Å². The first-order valence-electron chi connectivity index (χ1n) is 9.35. The standard InChI is InChI=1S/C20H25ClN2O5/c1-28-13-6-7-17-15(8-13)14(16(21)10-22-17)9-18(24)19(25)11-2-4-12(5-3-11)23-20(26)27/h6-8,10-12,18-19,23-25H,2-5,9H2,1H3,(H,26,27). The van der Waals surface area contributed by atoms with E-state index >= 15 is 0 Å². The number of aromatic nitrogens is 1. The molecule has 2 aromatic rings. The number of ether oxygens (including phenoxy) is 1. The third kappa shape index (κ3) is 4.66. The number of nitrogens with zero attached hydrogens (tertiary/aromatic N) is 1. The molecule has 2 unspecified atom stereocenters. The van der Waals surface area contributed by atoms with Gasteiger partial charge in [0.1, 0.15) is 5.75 Å². The summed E-state index contributed by atoms with van der Waals surface area (Å²) in [7, 11) is 1.58. The van der Waals surface area contributed by atoms with Gasteiger partial charge in [-0.05, 0) is 55.4 Å². The number of hydrogen-bond acceptors (Lipinski definition) is 5. The number of hydrogen-bond donors (Lipinski definition) is 4. The molecule has 1 aliphatic carbocycles. The van der Waals surface area contributed by atoms with Crippen LogP contribution in [0.25, 0.3) is 10.9 Å². The average molecular weight is 409 g/mol. The van der Waals surface area contributed by atoms with E-state index in [0.717, 1.165) is 16.5 Å². The molecular formula is C20H25ClN2O5. The summed E-state index contributed by atoms with van der Waals surface area (Å²) in [5.41, 5.74) is 1.46. The van der Waals surface area contributed by atoms with Gasteiger partial charge < -0.3 is 25.4 Å². The highest BCUT2D eigenvalue weighted by Crippen LogP contribution is 2.32. The Labute approximate surface area is 168 Å². The number of carbonyl (C=O) groups is 1. The number of methoxy groups -OCH3 is 1. The molecule has 1 aromatic heterocycles. The monoisotopic (exact) mass is 408 g/mol. The van der Waals surface area contributed by atoms with Crippen LogP contribution in [0.15, 0.2) is 24.4 Å². The van der Waals surface area contributed by atoms with Crippen LogP contribution >= 0.6 is 11.6 Å². The number of nitrogens with one attached hydrogen (secondary N) is 1. The van der Waals surface area contributed by atoms with E-state index in [1.807, 2.05) is 18.2 Å². The number of rotatable bonds is 6. The third-order valence-electron chi connectivity index (χ3n) is 5.52. The lowest BCUT2D eigenvalue weighted by Gasteiger charge is -2.33. The van der Waals surface area contributed by atoms with E-state index < -0.39 is 18.3 Å². The zero-order valence-electron chi connectivity index (χ0n) is 15.6. The minimum Gasteiger partial charge on any atom is -0.497 e. The second-order valence-electron chi connectivity index (χ2n) is 7.29. The lowest BCUT2D eigenvalue weighted by atomic mass is 9.80. The summed E-state index contributed by atoms with van der Waals surface area (Å²) >= 11 is 6.34. The first kappa shape index (κ1) is 20.6. The predicted molar refractivity (Wildman–Crippen MR) is 106 cm³/mol. The number of benzene rings is 1. The summed E-state index contributed by atoms with van der Waals surface area (Å²) in [5, 5.41) is 33.9. The molecular weight excluding hydrogens is 384 g/mol. The fraction of sp³-hybridized carbons (Fsp3) is 0.500. The maximum Gasteiger partial charge on any atom is 0.404 e. The number of halogens is 1. The van der Waals surface area contributed by atoms with Crippen molar-refractivity contribution in [3.8, 4) is 5.75 Å². The molecule has 0 spiro atoms. The van der Waals surface area contributed by atoms with Crippen LogP contribution in [0.1, 0.15) is 31.2 Å². The van der Waals surface area contributed by atoms with Gasteiger partial charge in [0.25, 0.3) is 0 Å². The van der Waals surface area contributed by atoms with Gasteiger partial charge in [-0.15, -0.1) is 0 Å². The van der Waals surface area contributed by atoms with Crippen LogP contribution in [0.2, 0.25) is 5.02 Å². The molecule has 1 fully saturated rings. The van der Waals surface area contributed by atoms with Gasteiger partial charge in [0.15, 0.2) is 0 Å². The average Bonchev–Trinajstić information content (AvgIpc) is 2.69. The molecule has 28 heavy (non-hydrogen) atoms. The minimum atomic E-state index is -1.03. The number of carboxylic acid groups (broad SMARTS) is 1. The normalized spacial score (nSPS) is 21.9. The Kier molecular flexibility index (Phi) is 6.59. The van der Waals surface area contributed by atoms with Crippen LogP contribution in [0.3, 0.4) is 0 Å². The number of aliphatic hydroxyl groups excluding tert-OH is 2. The maximum atomic E-state index is 10.8. The van der Waals surface area contributed by atoms with E-state index in [-0.39, 0.29) is 18.4 Å². The Morgan fingerprint density at radius 3 is 2.68 bits per heavy atom. The summed E-state index contributed by atoms with van der Waals surface area (Å²) in [6, 6.07) is 5.37. The molecule has 8 heteroatoms. The van der Waals surface area contributed by atoms with Crippen molar-refractivity contribution in [2.75, 3.05) is 7.11 Å². The van der Waals surface area contributed by atoms with Crippen molar-refractivity contribution < 1.29 is 24.9 Å². The molecule has 0 saturated heterocycles. The first-order chi connectivity index (χ1) is 13.4. The molecule has 7 nitrogen and oxygen atoms in total. The van der Waals surface area contributed by atoms with E-state index in [1.54, 1.807) is 13.3 Å². The molecule has 1 heterocycles. The van der Waals surface area contributed by atoms with Gasteiger partial charge in [-0.2, -0.15) is 0 Å². The van der Waals surface area contributed by atoms with Crippen LogP contribution in [0.4, 0.5) is 4.79 Å². The molecule has 0 bridgehead atoms. The number of pyridine rings is 1. The SMILES string of the molecule is COc1ccc2ncc(Cl)c(CC(O)C(O)C3CCC(NC(=O)O)CC3)c2c1. The van der Waals surface area contributed by atoms with Gasteiger partial charge in [-0.1, -0.05) is 11.6 Å². The quantitative estimate of drug-likeness (QED) is 0.584. The second-order valence-corrected chi connectivity index (χ2v) is 7.70. The van der Waals surface area contributed by atoms with Gasteiger partial charge in [-0.3, -0.25) is 4.98 Å². The summed E-state index contributed by atoms with van der Waals surface area (Å²) in [5.74, 6) is 0.584. The fourth-order valence-electron chi connectivity index (χ4n) is 3.96. The van der Waals surface area contributed by atoms with Crippen LogP contribution in [0, 0.1) is 5.92 Å². The van der Waals surface area contributed by atoms with E-state index in [4.69, 9.17) is 21.4 Å². The van der Waals surface area contributed by atoms with Crippen molar-refractivity contribution >= 4 is 28.6 Å². The fourth-order valence-corrected chi connectivity index (χ4v) is 4.19. The Hall–Kier alpha value is -2.09. The van der Waals surface area contributed by atoms with Crippen LogP contribution in [-0.2, 0) is 6.42 Å². The summed E-state index contributed by atoms with van der Waals surface area (Å²) in [4.78, 5) is 15.1. The molecule has 1 saturated carbocycles. The van der Waals surface area contributed by atoms with Crippen molar-refractivity contribution in [3.63, 3.8) is 0 Å². The topological polar surface area (TPSA) is 112 Å². The molecule has 4 N–H and O–H groups in total. The van der Waals surface area contributed by atoms with Crippen molar-refractivity contribution in [1.82, 2.24) is 10.3 Å². The molecule has 1 aromatic carbocycles. The van der Waals surface area contributed by atoms with Crippen LogP contribution in [-0.4, -0.2) is 51.8 Å². The first-order valence-corrected chi connectivity index (χ1v) is 9.73. The highest BCUT2D eigenvalue weighted by Gasteiger charge is 2.31. The summed E-state index contributed by atoms with van der Waals surface area (Å²) in [6.07, 6.45) is 1.43. The predicted octanol–water partition coefficient (Wildman–Crippen LogP) is 2.99. The molecule has 3 rings (SSSR count). The highest BCUT2D eigenvalue weighted by molar-refractivity contribution is 6.32. The van der Waals surface area contributed by atoms with Gasteiger partial charge in [0.2, 0.25) is 0 Å². The number of fused-ring (bicyclic) bond motifs is 1. The highest BCUT2D eigenvalue weighted by atomic mass is 35.5. The largest absolute Gasteiger partial charge is 0.497 e. The lowest BCUT2D eigenvalue weighted by Crippen LogP contribution is -2.42. The number of aliphatic hydroxyl groups is 2.